The van der Waals surface area contributed by atoms with Crippen molar-refractivity contribution in [1.29, 1.82) is 0 Å². The number of hydrogen-bond acceptors (Lipinski definition) is 6. The highest BCUT2D eigenvalue weighted by atomic mass is 16.4. The molecule has 0 amide bonds. The van der Waals surface area contributed by atoms with Crippen molar-refractivity contribution in [2.45, 2.75) is 0 Å². The van der Waals surface area contributed by atoms with Gasteiger partial charge in [0.25, 0.3) is 0 Å². The van der Waals surface area contributed by atoms with E-state index in [0.29, 0.717) is 0 Å². The first-order valence-corrected chi connectivity index (χ1v) is 22.1. The van der Waals surface area contributed by atoms with Gasteiger partial charge in [0, 0.05) is 64.6 Å². The monoisotopic (exact) mass is 846 g/mol. The number of hydrogen-bond donors (Lipinski definition) is 0. The first-order valence-electron chi connectivity index (χ1n) is 22.1. The molecule has 66 heavy (non-hydrogen) atoms. The zero-order valence-electron chi connectivity index (χ0n) is 34.8. The summed E-state index contributed by atoms with van der Waals surface area (Å²) in [5.74, 6) is 0. The molecule has 0 bridgehead atoms. The number of fused-ring (bicyclic) bond motifs is 21. The van der Waals surface area contributed by atoms with Crippen molar-refractivity contribution in [3.63, 3.8) is 0 Å². The van der Waals surface area contributed by atoms with Crippen LogP contribution < -0.4 is 0 Å². The zero-order valence-corrected chi connectivity index (χ0v) is 34.8. The van der Waals surface area contributed by atoms with Crippen molar-refractivity contribution in [2.75, 3.05) is 0 Å². The van der Waals surface area contributed by atoms with Crippen LogP contribution in [0, 0.1) is 0 Å². The second kappa shape index (κ2) is 12.4. The fraction of sp³-hybridized carbons (Fsp3) is 0. The molecule has 6 heteroatoms. The van der Waals surface area contributed by atoms with E-state index < -0.39 is 0 Å². The van der Waals surface area contributed by atoms with Crippen LogP contribution >= 0.6 is 0 Å². The molecule has 0 N–H and O–H groups in total. The van der Waals surface area contributed by atoms with Gasteiger partial charge in [0.2, 0.25) is 0 Å². The minimum atomic E-state index is 0.756. The lowest BCUT2D eigenvalue weighted by molar-refractivity contribution is 0.633. The third-order valence-corrected chi connectivity index (χ3v) is 13.9. The Morgan fingerprint density at radius 2 is 0.409 bits per heavy atom. The molecule has 6 heterocycles. The lowest BCUT2D eigenvalue weighted by Gasteiger charge is -2.12. The van der Waals surface area contributed by atoms with Crippen LogP contribution in [0.1, 0.15) is 0 Å². The highest BCUT2D eigenvalue weighted by Crippen LogP contribution is 2.45. The molecule has 0 unspecified atom stereocenters. The largest absolute Gasteiger partial charge is 0.452 e. The predicted octanol–water partition coefficient (Wildman–Crippen LogP) is 18.1. The summed E-state index contributed by atoms with van der Waals surface area (Å²) in [5, 5.41) is 12.5. The number of benzene rings is 10. The first-order chi connectivity index (χ1) is 32.6. The van der Waals surface area contributed by atoms with E-state index in [2.05, 4.69) is 127 Å². The lowest BCUT2D eigenvalue weighted by Crippen LogP contribution is -1.87. The molecular weight excluding hydrogens is 817 g/mol. The third kappa shape index (κ3) is 4.64. The quantitative estimate of drug-likeness (QED) is 0.176. The predicted molar refractivity (Wildman–Crippen MR) is 266 cm³/mol. The minimum absolute atomic E-state index is 0.756. The van der Waals surface area contributed by atoms with Crippen LogP contribution in [0.4, 0.5) is 0 Å². The molecule has 6 nitrogen and oxygen atoms in total. The highest BCUT2D eigenvalue weighted by molar-refractivity contribution is 6.22. The summed E-state index contributed by atoms with van der Waals surface area (Å²) in [6.07, 6.45) is 0. The second-order valence-corrected chi connectivity index (χ2v) is 17.5. The van der Waals surface area contributed by atoms with Crippen molar-refractivity contribution >= 4 is 132 Å². The summed E-state index contributed by atoms with van der Waals surface area (Å²) in [6, 6.07) is 63.6. The second-order valence-electron chi connectivity index (χ2n) is 17.5. The van der Waals surface area contributed by atoms with E-state index in [1.165, 1.54) is 0 Å². The van der Waals surface area contributed by atoms with Crippen molar-refractivity contribution in [3.05, 3.63) is 182 Å². The van der Waals surface area contributed by atoms with E-state index in [4.69, 9.17) is 26.5 Å². The van der Waals surface area contributed by atoms with Gasteiger partial charge < -0.3 is 26.5 Å². The Morgan fingerprint density at radius 1 is 0.167 bits per heavy atom. The van der Waals surface area contributed by atoms with E-state index >= 15 is 0 Å². The summed E-state index contributed by atoms with van der Waals surface area (Å²) in [5.41, 5.74) is 16.0. The molecule has 16 aromatic rings. The molecular formula is C60H30O6. The van der Waals surface area contributed by atoms with Crippen LogP contribution in [0.5, 0.6) is 0 Å². The normalized spacial score (nSPS) is 12.5. The topological polar surface area (TPSA) is 78.8 Å². The Morgan fingerprint density at radius 3 is 0.697 bits per heavy atom. The molecule has 0 saturated carbocycles. The van der Waals surface area contributed by atoms with Gasteiger partial charge in [-0.25, -0.2) is 0 Å². The van der Waals surface area contributed by atoms with Crippen LogP contribution in [0.2, 0.25) is 0 Å². The van der Waals surface area contributed by atoms with Gasteiger partial charge in [-0.2, -0.15) is 0 Å². The molecule has 6 aromatic heterocycles. The van der Waals surface area contributed by atoms with Crippen LogP contribution in [0.25, 0.3) is 165 Å². The molecule has 0 aliphatic rings. The van der Waals surface area contributed by atoms with Gasteiger partial charge >= 0.3 is 0 Å². The Balaban J connectivity index is 0.900. The lowest BCUT2D eigenvalue weighted by atomic mass is 9.92. The fourth-order valence-corrected chi connectivity index (χ4v) is 10.7. The number of rotatable bonds is 3. The van der Waals surface area contributed by atoms with E-state index in [0.717, 1.165) is 165 Å². The van der Waals surface area contributed by atoms with Gasteiger partial charge in [-0.15, -0.1) is 0 Å². The average molecular weight is 847 g/mol. The van der Waals surface area contributed by atoms with Gasteiger partial charge in [-0.3, -0.25) is 0 Å². The highest BCUT2D eigenvalue weighted by Gasteiger charge is 2.21. The molecule has 10 aromatic carbocycles. The van der Waals surface area contributed by atoms with E-state index in [-0.39, 0.29) is 0 Å². The van der Waals surface area contributed by atoms with Gasteiger partial charge in [-0.05, 0) is 143 Å². The van der Waals surface area contributed by atoms with E-state index in [1.807, 2.05) is 54.6 Å². The fourth-order valence-electron chi connectivity index (χ4n) is 10.7. The number of para-hydroxylation sites is 3. The molecule has 0 fully saturated rings. The maximum absolute atomic E-state index is 6.57. The average Bonchev–Trinajstić information content (AvgIpc) is 4.22. The maximum Gasteiger partial charge on any atom is 0.178 e. The van der Waals surface area contributed by atoms with Crippen LogP contribution in [0.3, 0.4) is 0 Å². The summed E-state index contributed by atoms with van der Waals surface area (Å²) >= 11 is 0. The van der Waals surface area contributed by atoms with Crippen molar-refractivity contribution < 1.29 is 26.5 Å². The summed E-state index contributed by atoms with van der Waals surface area (Å²) in [6.45, 7) is 0. The van der Waals surface area contributed by atoms with E-state index in [9.17, 15) is 0 Å². The van der Waals surface area contributed by atoms with Crippen molar-refractivity contribution in [3.8, 4) is 33.4 Å². The van der Waals surface area contributed by atoms with Gasteiger partial charge in [-0.1, -0.05) is 72.8 Å². The van der Waals surface area contributed by atoms with Crippen LogP contribution in [-0.2, 0) is 0 Å². The maximum atomic E-state index is 6.57. The summed E-state index contributed by atoms with van der Waals surface area (Å²) < 4.78 is 38.9. The summed E-state index contributed by atoms with van der Waals surface area (Å²) in [4.78, 5) is 0. The molecule has 0 atom stereocenters. The SMILES string of the molecule is c1ccc2c(c1)oc1c2ccc2c3cc(-c4cc(-c5ccc6oc7c(ccc8c9ccccc9oc87)c6c5)cc(-c5ccc6oc7c(ccc8c9ccccc9oc87)c6c5)c4)ccc3oc21. The zero-order chi connectivity index (χ0) is 42.8. The van der Waals surface area contributed by atoms with Gasteiger partial charge in [0.05, 0.1) is 0 Å². The van der Waals surface area contributed by atoms with Crippen molar-refractivity contribution in [2.24, 2.45) is 0 Å². The smallest absolute Gasteiger partial charge is 0.178 e. The molecule has 0 spiro atoms. The summed E-state index contributed by atoms with van der Waals surface area (Å²) in [7, 11) is 0. The molecule has 306 valence electrons. The number of furan rings is 6. The van der Waals surface area contributed by atoms with Crippen LogP contribution in [0.15, 0.2) is 208 Å². The third-order valence-electron chi connectivity index (χ3n) is 13.9. The molecule has 0 saturated heterocycles. The Kier molecular flexibility index (Phi) is 6.47. The van der Waals surface area contributed by atoms with Gasteiger partial charge in [0.15, 0.2) is 33.5 Å². The van der Waals surface area contributed by atoms with Gasteiger partial charge in [0.1, 0.15) is 33.5 Å². The Labute approximate surface area is 372 Å². The van der Waals surface area contributed by atoms with E-state index in [1.54, 1.807) is 0 Å². The minimum Gasteiger partial charge on any atom is -0.452 e. The first kappa shape index (κ1) is 34.5. The molecule has 0 radical (unpaired) electrons. The standard InChI is InChI=1S/C60H30O6/c1-4-10-49-37(7-1)40-16-19-43-46-28-31(13-22-52(46)64-58(43)55(40)61-49)34-25-35(32-14-23-53-47(29-32)44-20-17-41-38-8-2-5-11-50(38)62-56(41)59(44)65-53)27-36(26-34)33-15-24-54-48(30-33)45-21-18-42-39-9-3-6-12-51(39)63-57(42)60(45)66-54/h1-30H. The molecule has 16 rings (SSSR count). The molecule has 0 aliphatic heterocycles. The van der Waals surface area contributed by atoms with Crippen molar-refractivity contribution in [1.82, 2.24) is 0 Å². The Bertz CT molecular complexity index is 4280. The Hall–Kier alpha value is -9.00. The van der Waals surface area contributed by atoms with Crippen LogP contribution in [-0.4, -0.2) is 0 Å². The molecule has 0 aliphatic carbocycles.